The van der Waals surface area contributed by atoms with Gasteiger partial charge in [0, 0.05) is 33.5 Å². The first-order chi connectivity index (χ1) is 17.5. The van der Waals surface area contributed by atoms with Crippen molar-refractivity contribution in [1.29, 1.82) is 0 Å². The standard InChI is InChI=1S/C30H24FN3O2/c1-19-28(20-7-3-2-4-8-20)29(32)26-17-23(13-16-27(26)33-19)34-30(35)25-10-6-5-9-21(25)18-36-24-14-11-22(31)12-15-24/h2-17H,18H2,1H3,(H2,32,33)(H,34,35). The number of carbonyl (C=O) groups is 1. The highest BCUT2D eigenvalue weighted by Gasteiger charge is 2.15. The van der Waals surface area contributed by atoms with Crippen LogP contribution in [0.1, 0.15) is 21.6 Å². The fraction of sp³-hybridized carbons (Fsp3) is 0.0667. The summed E-state index contributed by atoms with van der Waals surface area (Å²) >= 11 is 0. The summed E-state index contributed by atoms with van der Waals surface area (Å²) < 4.78 is 18.9. The Bertz CT molecular complexity index is 1550. The van der Waals surface area contributed by atoms with Gasteiger partial charge >= 0.3 is 0 Å². The fourth-order valence-electron chi connectivity index (χ4n) is 4.22. The molecule has 0 aliphatic heterocycles. The summed E-state index contributed by atoms with van der Waals surface area (Å²) in [5.74, 6) is -0.0809. The lowest BCUT2D eigenvalue weighted by Crippen LogP contribution is -2.15. The van der Waals surface area contributed by atoms with E-state index in [4.69, 9.17) is 15.5 Å². The third-order valence-corrected chi connectivity index (χ3v) is 6.00. The van der Waals surface area contributed by atoms with Gasteiger partial charge in [-0.25, -0.2) is 4.39 Å². The summed E-state index contributed by atoms with van der Waals surface area (Å²) in [7, 11) is 0. The Hall–Kier alpha value is -4.71. The van der Waals surface area contributed by atoms with Crippen molar-refractivity contribution in [3.8, 4) is 16.9 Å². The number of fused-ring (bicyclic) bond motifs is 1. The van der Waals surface area contributed by atoms with E-state index in [-0.39, 0.29) is 18.3 Å². The SMILES string of the molecule is Cc1nc2ccc(NC(=O)c3ccccc3COc3ccc(F)cc3)cc2c(N)c1-c1ccccc1. The molecule has 4 aromatic carbocycles. The minimum Gasteiger partial charge on any atom is -0.489 e. The van der Waals surface area contributed by atoms with Crippen LogP contribution in [-0.2, 0) is 6.61 Å². The molecule has 1 aromatic heterocycles. The van der Waals surface area contributed by atoms with Crippen LogP contribution in [0.25, 0.3) is 22.0 Å². The number of pyridine rings is 1. The second-order valence-electron chi connectivity index (χ2n) is 8.44. The van der Waals surface area contributed by atoms with Crippen LogP contribution < -0.4 is 15.8 Å². The summed E-state index contributed by atoms with van der Waals surface area (Å²) in [5, 5.41) is 3.74. The van der Waals surface area contributed by atoms with Gasteiger partial charge in [0.1, 0.15) is 18.2 Å². The summed E-state index contributed by atoms with van der Waals surface area (Å²) in [5.41, 5.74) is 12.5. The van der Waals surface area contributed by atoms with Crippen molar-refractivity contribution < 1.29 is 13.9 Å². The number of aromatic nitrogens is 1. The van der Waals surface area contributed by atoms with Crippen LogP contribution in [0.5, 0.6) is 5.75 Å². The molecule has 0 aliphatic rings. The number of amides is 1. The molecule has 0 atom stereocenters. The van der Waals surface area contributed by atoms with Crippen molar-refractivity contribution in [2.75, 3.05) is 11.1 Å². The number of anilines is 2. The topological polar surface area (TPSA) is 77.2 Å². The molecule has 0 radical (unpaired) electrons. The quantitative estimate of drug-likeness (QED) is 0.283. The van der Waals surface area contributed by atoms with Gasteiger partial charge in [-0.15, -0.1) is 0 Å². The molecule has 1 amide bonds. The van der Waals surface area contributed by atoms with Gasteiger partial charge in [0.2, 0.25) is 0 Å². The first-order valence-electron chi connectivity index (χ1n) is 11.5. The Balaban J connectivity index is 1.41. The zero-order chi connectivity index (χ0) is 25.1. The molecular formula is C30H24FN3O2. The lowest BCUT2D eigenvalue weighted by molar-refractivity contribution is 0.102. The van der Waals surface area contributed by atoms with Gasteiger partial charge in [0.15, 0.2) is 0 Å². The number of carbonyl (C=O) groups excluding carboxylic acids is 1. The van der Waals surface area contributed by atoms with E-state index in [0.29, 0.717) is 28.3 Å². The van der Waals surface area contributed by atoms with E-state index in [1.54, 1.807) is 24.3 Å². The Morgan fingerprint density at radius 2 is 1.67 bits per heavy atom. The lowest BCUT2D eigenvalue weighted by Gasteiger charge is -2.14. The number of halogens is 1. The highest BCUT2D eigenvalue weighted by molar-refractivity contribution is 6.07. The molecule has 36 heavy (non-hydrogen) atoms. The van der Waals surface area contributed by atoms with Gasteiger partial charge in [0.25, 0.3) is 5.91 Å². The van der Waals surface area contributed by atoms with E-state index < -0.39 is 0 Å². The van der Waals surface area contributed by atoms with Gasteiger partial charge < -0.3 is 15.8 Å². The first kappa shape index (κ1) is 23.1. The Morgan fingerprint density at radius 3 is 2.44 bits per heavy atom. The van der Waals surface area contributed by atoms with Gasteiger partial charge in [-0.1, -0.05) is 48.5 Å². The third kappa shape index (κ3) is 4.74. The van der Waals surface area contributed by atoms with Crippen molar-refractivity contribution >= 4 is 28.2 Å². The van der Waals surface area contributed by atoms with Gasteiger partial charge in [0.05, 0.1) is 11.2 Å². The van der Waals surface area contributed by atoms with Gasteiger partial charge in [-0.05, 0) is 61.0 Å². The average Bonchev–Trinajstić information content (AvgIpc) is 2.89. The molecule has 0 unspecified atom stereocenters. The van der Waals surface area contributed by atoms with E-state index in [0.717, 1.165) is 27.7 Å². The molecule has 3 N–H and O–H groups in total. The highest BCUT2D eigenvalue weighted by atomic mass is 19.1. The third-order valence-electron chi connectivity index (χ3n) is 6.00. The van der Waals surface area contributed by atoms with Crippen molar-refractivity contribution in [2.45, 2.75) is 13.5 Å². The molecule has 5 aromatic rings. The Kier molecular flexibility index (Phi) is 6.33. The molecule has 0 fully saturated rings. The van der Waals surface area contributed by atoms with E-state index in [9.17, 15) is 9.18 Å². The Morgan fingerprint density at radius 1 is 0.944 bits per heavy atom. The maximum absolute atomic E-state index is 13.2. The van der Waals surface area contributed by atoms with Crippen LogP contribution in [0.2, 0.25) is 0 Å². The number of nitrogens with zero attached hydrogens (tertiary/aromatic N) is 1. The largest absolute Gasteiger partial charge is 0.489 e. The van der Waals surface area contributed by atoms with Gasteiger partial charge in [-0.3, -0.25) is 9.78 Å². The number of benzene rings is 4. The molecule has 6 heteroatoms. The van der Waals surface area contributed by atoms with Crippen LogP contribution in [-0.4, -0.2) is 10.9 Å². The fourth-order valence-corrected chi connectivity index (χ4v) is 4.22. The van der Waals surface area contributed by atoms with E-state index in [1.165, 1.54) is 12.1 Å². The smallest absolute Gasteiger partial charge is 0.256 e. The van der Waals surface area contributed by atoms with Crippen LogP contribution in [0.4, 0.5) is 15.8 Å². The maximum atomic E-state index is 13.2. The molecule has 0 saturated carbocycles. The molecule has 5 rings (SSSR count). The molecular weight excluding hydrogens is 453 g/mol. The molecule has 1 heterocycles. The molecule has 0 saturated heterocycles. The molecule has 0 bridgehead atoms. The van der Waals surface area contributed by atoms with E-state index in [2.05, 4.69) is 5.32 Å². The number of aryl methyl sites for hydroxylation is 1. The maximum Gasteiger partial charge on any atom is 0.256 e. The van der Waals surface area contributed by atoms with E-state index >= 15 is 0 Å². The number of ether oxygens (including phenoxy) is 1. The summed E-state index contributed by atoms with van der Waals surface area (Å²) in [6.45, 7) is 2.11. The minimum atomic E-state index is -0.334. The van der Waals surface area contributed by atoms with Crippen molar-refractivity contribution in [3.63, 3.8) is 0 Å². The predicted octanol–water partition coefficient (Wildman–Crippen LogP) is 6.76. The second kappa shape index (κ2) is 9.88. The monoisotopic (exact) mass is 477 g/mol. The van der Waals surface area contributed by atoms with Crippen LogP contribution in [0, 0.1) is 12.7 Å². The predicted molar refractivity (Wildman–Crippen MR) is 141 cm³/mol. The number of nitrogens with one attached hydrogen (secondary N) is 1. The number of hydrogen-bond acceptors (Lipinski definition) is 4. The van der Waals surface area contributed by atoms with Crippen molar-refractivity contribution in [3.05, 3.63) is 120 Å². The van der Waals surface area contributed by atoms with Gasteiger partial charge in [-0.2, -0.15) is 0 Å². The molecule has 178 valence electrons. The number of nitrogens with two attached hydrogens (primary N) is 1. The van der Waals surface area contributed by atoms with Crippen LogP contribution in [0.15, 0.2) is 97.1 Å². The zero-order valence-corrected chi connectivity index (χ0v) is 19.7. The molecule has 0 aliphatic carbocycles. The number of nitrogen functional groups attached to an aromatic ring is 1. The summed E-state index contributed by atoms with van der Waals surface area (Å²) in [6.07, 6.45) is 0. The van der Waals surface area contributed by atoms with E-state index in [1.807, 2.05) is 67.6 Å². The summed E-state index contributed by atoms with van der Waals surface area (Å²) in [6, 6.07) is 28.4. The normalized spacial score (nSPS) is 10.8. The van der Waals surface area contributed by atoms with Crippen LogP contribution >= 0.6 is 0 Å². The first-order valence-corrected chi connectivity index (χ1v) is 11.5. The zero-order valence-electron chi connectivity index (χ0n) is 19.7. The highest BCUT2D eigenvalue weighted by Crippen LogP contribution is 2.35. The Labute approximate surface area is 208 Å². The number of hydrogen-bond donors (Lipinski definition) is 2. The molecule has 5 nitrogen and oxygen atoms in total. The second-order valence-corrected chi connectivity index (χ2v) is 8.44. The number of rotatable bonds is 6. The van der Waals surface area contributed by atoms with Crippen molar-refractivity contribution in [2.24, 2.45) is 0 Å². The molecule has 0 spiro atoms. The van der Waals surface area contributed by atoms with Crippen LogP contribution in [0.3, 0.4) is 0 Å². The van der Waals surface area contributed by atoms with Crippen molar-refractivity contribution in [1.82, 2.24) is 4.98 Å². The summed E-state index contributed by atoms with van der Waals surface area (Å²) in [4.78, 5) is 17.9. The minimum absolute atomic E-state index is 0.170. The lowest BCUT2D eigenvalue weighted by atomic mass is 9.99. The average molecular weight is 478 g/mol.